The highest BCUT2D eigenvalue weighted by atomic mass is 16.3. The van der Waals surface area contributed by atoms with Crippen LogP contribution < -0.4 is 4.90 Å². The molecule has 226 valence electrons. The van der Waals surface area contributed by atoms with E-state index in [0.717, 1.165) is 33.9 Å². The predicted octanol–water partition coefficient (Wildman–Crippen LogP) is 9.67. The minimum Gasteiger partial charge on any atom is -0.507 e. The third kappa shape index (κ3) is 6.49. The lowest BCUT2D eigenvalue weighted by molar-refractivity contribution is 0.446. The number of aromatic nitrogens is 4. The molecule has 0 aliphatic heterocycles. The monoisotopic (exact) mass is 585 g/mol. The Morgan fingerprint density at radius 1 is 0.591 bits per heavy atom. The second-order valence-electron chi connectivity index (χ2n) is 14.4. The van der Waals surface area contributed by atoms with Gasteiger partial charge in [-0.1, -0.05) is 105 Å². The van der Waals surface area contributed by atoms with Gasteiger partial charge >= 0.3 is 0 Å². The van der Waals surface area contributed by atoms with Crippen molar-refractivity contribution in [2.45, 2.75) is 78.6 Å². The SMILES string of the molecule is CC(C)(C)c1cc(-c2nc(-c3cccc(N(c4ccccc4)c4ccccn4)c3)nc(C(C)(C)C)n2)c(O)c(C(C)(C)C)c1. The first-order valence-corrected chi connectivity index (χ1v) is 15.1. The summed E-state index contributed by atoms with van der Waals surface area (Å²) in [6.45, 7) is 19.2. The number of aromatic hydroxyl groups is 1. The van der Waals surface area contributed by atoms with E-state index in [0.29, 0.717) is 23.0 Å². The number of para-hydroxylation sites is 1. The lowest BCUT2D eigenvalue weighted by Gasteiger charge is -2.27. The molecule has 6 heteroatoms. The molecule has 2 heterocycles. The maximum absolute atomic E-state index is 11.7. The van der Waals surface area contributed by atoms with Gasteiger partial charge in [0.1, 0.15) is 17.4 Å². The molecule has 0 spiro atoms. The molecule has 0 fully saturated rings. The van der Waals surface area contributed by atoms with E-state index in [-0.39, 0.29) is 22.0 Å². The molecule has 0 amide bonds. The number of rotatable bonds is 5. The van der Waals surface area contributed by atoms with Gasteiger partial charge in [-0.15, -0.1) is 0 Å². The zero-order chi connectivity index (χ0) is 31.9. The molecule has 5 aromatic rings. The molecule has 0 bridgehead atoms. The van der Waals surface area contributed by atoms with Gasteiger partial charge in [0.05, 0.1) is 5.56 Å². The average Bonchev–Trinajstić information content (AvgIpc) is 2.97. The second-order valence-corrected chi connectivity index (χ2v) is 14.4. The van der Waals surface area contributed by atoms with Crippen molar-refractivity contribution in [2.24, 2.45) is 0 Å². The van der Waals surface area contributed by atoms with Crippen LogP contribution in [0.25, 0.3) is 22.8 Å². The highest BCUT2D eigenvalue weighted by Crippen LogP contribution is 2.42. The van der Waals surface area contributed by atoms with Crippen LogP contribution in [0.2, 0.25) is 0 Å². The average molecular weight is 586 g/mol. The van der Waals surface area contributed by atoms with E-state index in [1.165, 1.54) is 0 Å². The smallest absolute Gasteiger partial charge is 0.167 e. The van der Waals surface area contributed by atoms with Crippen molar-refractivity contribution in [3.8, 4) is 28.5 Å². The van der Waals surface area contributed by atoms with Gasteiger partial charge in [-0.25, -0.2) is 19.9 Å². The van der Waals surface area contributed by atoms with Gasteiger partial charge in [0.15, 0.2) is 11.6 Å². The minimum atomic E-state index is -0.349. The molecule has 6 nitrogen and oxygen atoms in total. The first-order valence-electron chi connectivity index (χ1n) is 15.1. The Morgan fingerprint density at radius 3 is 1.86 bits per heavy atom. The number of phenols is 1. The largest absolute Gasteiger partial charge is 0.507 e. The van der Waals surface area contributed by atoms with E-state index in [1.54, 1.807) is 6.20 Å². The number of hydrogen-bond donors (Lipinski definition) is 1. The summed E-state index contributed by atoms with van der Waals surface area (Å²) in [6, 6.07) is 28.4. The van der Waals surface area contributed by atoms with Crippen LogP contribution in [0.1, 0.15) is 79.3 Å². The Morgan fingerprint density at radius 2 is 1.25 bits per heavy atom. The summed E-state index contributed by atoms with van der Waals surface area (Å²) in [5.74, 6) is 2.69. The van der Waals surface area contributed by atoms with E-state index >= 15 is 0 Å². The van der Waals surface area contributed by atoms with Gasteiger partial charge in [-0.2, -0.15) is 0 Å². The zero-order valence-corrected chi connectivity index (χ0v) is 27.3. The normalized spacial score (nSPS) is 12.3. The lowest BCUT2D eigenvalue weighted by atomic mass is 9.79. The minimum absolute atomic E-state index is 0.133. The summed E-state index contributed by atoms with van der Waals surface area (Å²) in [6.07, 6.45) is 1.80. The molecule has 2 aromatic heterocycles. The van der Waals surface area contributed by atoms with Gasteiger partial charge in [0.2, 0.25) is 0 Å². The predicted molar refractivity (Wildman–Crippen MR) is 181 cm³/mol. The molecule has 0 atom stereocenters. The Hall–Kier alpha value is -4.58. The molecular formula is C38H43N5O. The first-order chi connectivity index (χ1) is 20.6. The van der Waals surface area contributed by atoms with Crippen LogP contribution in [-0.2, 0) is 16.2 Å². The van der Waals surface area contributed by atoms with Gasteiger partial charge in [-0.05, 0) is 58.9 Å². The number of pyridine rings is 1. The van der Waals surface area contributed by atoms with E-state index in [9.17, 15) is 5.11 Å². The quantitative estimate of drug-likeness (QED) is 0.221. The number of benzene rings is 3. The van der Waals surface area contributed by atoms with Crippen LogP contribution >= 0.6 is 0 Å². The van der Waals surface area contributed by atoms with Crippen molar-refractivity contribution in [1.82, 2.24) is 19.9 Å². The molecule has 0 saturated heterocycles. The highest BCUT2D eigenvalue weighted by molar-refractivity contribution is 5.78. The molecule has 0 radical (unpaired) electrons. The summed E-state index contributed by atoms with van der Waals surface area (Å²) in [5, 5.41) is 11.7. The van der Waals surface area contributed by atoms with Gasteiger partial charge in [0.25, 0.3) is 0 Å². The fraction of sp³-hybridized carbons (Fsp3) is 0.316. The van der Waals surface area contributed by atoms with Gasteiger partial charge < -0.3 is 5.11 Å². The molecule has 5 rings (SSSR count). The fourth-order valence-electron chi connectivity index (χ4n) is 5.03. The van der Waals surface area contributed by atoms with Crippen LogP contribution in [-0.4, -0.2) is 25.0 Å². The van der Waals surface area contributed by atoms with Crippen molar-refractivity contribution in [1.29, 1.82) is 0 Å². The summed E-state index contributed by atoms with van der Waals surface area (Å²) < 4.78 is 0. The topological polar surface area (TPSA) is 75.0 Å². The van der Waals surface area contributed by atoms with E-state index in [1.807, 2.05) is 54.6 Å². The summed E-state index contributed by atoms with van der Waals surface area (Å²) >= 11 is 0. The standard InChI is InChI=1S/C38H43N5O/c1-36(2,3)26-23-29(32(44)30(24-26)37(4,5)6)34-40-33(41-35(42-34)38(7,8)9)25-16-15-19-28(22-25)43(27-17-11-10-12-18-27)31-20-13-14-21-39-31/h10-24,44H,1-9H3. The number of nitrogens with zero attached hydrogens (tertiary/aromatic N) is 5. The van der Waals surface area contributed by atoms with Crippen molar-refractivity contribution < 1.29 is 5.11 Å². The lowest BCUT2D eigenvalue weighted by Crippen LogP contribution is -2.19. The molecule has 44 heavy (non-hydrogen) atoms. The van der Waals surface area contributed by atoms with Gasteiger partial charge in [0, 0.05) is 34.1 Å². The molecule has 3 aromatic carbocycles. The third-order valence-corrected chi connectivity index (χ3v) is 7.59. The number of anilines is 3. The van der Waals surface area contributed by atoms with Crippen LogP contribution in [0.4, 0.5) is 17.2 Å². The number of phenolic OH excluding ortho intramolecular Hbond substituents is 1. The first kappa shape index (κ1) is 30.9. The molecular weight excluding hydrogens is 542 g/mol. The molecule has 0 unspecified atom stereocenters. The van der Waals surface area contributed by atoms with E-state index in [4.69, 9.17) is 15.0 Å². The van der Waals surface area contributed by atoms with Crippen LogP contribution in [0.3, 0.4) is 0 Å². The second kappa shape index (κ2) is 11.5. The summed E-state index contributed by atoms with van der Waals surface area (Å²) in [4.78, 5) is 21.7. The highest BCUT2D eigenvalue weighted by Gasteiger charge is 2.28. The molecule has 0 aliphatic carbocycles. The van der Waals surface area contributed by atoms with Crippen LogP contribution in [0, 0.1) is 0 Å². The Labute approximate surface area is 261 Å². The van der Waals surface area contributed by atoms with Crippen molar-refractivity contribution in [2.75, 3.05) is 4.90 Å². The third-order valence-electron chi connectivity index (χ3n) is 7.59. The fourth-order valence-corrected chi connectivity index (χ4v) is 5.03. The molecule has 0 aliphatic rings. The molecule has 1 N–H and O–H groups in total. The number of hydrogen-bond acceptors (Lipinski definition) is 6. The Kier molecular flexibility index (Phi) is 8.06. The molecule has 0 saturated carbocycles. The van der Waals surface area contributed by atoms with Crippen LogP contribution in [0.5, 0.6) is 5.75 Å². The van der Waals surface area contributed by atoms with Crippen molar-refractivity contribution >= 4 is 17.2 Å². The van der Waals surface area contributed by atoms with Gasteiger partial charge in [-0.3, -0.25) is 4.90 Å². The van der Waals surface area contributed by atoms with Crippen molar-refractivity contribution in [3.63, 3.8) is 0 Å². The van der Waals surface area contributed by atoms with E-state index < -0.39 is 0 Å². The summed E-state index contributed by atoms with van der Waals surface area (Å²) in [7, 11) is 0. The zero-order valence-electron chi connectivity index (χ0n) is 27.3. The maximum Gasteiger partial charge on any atom is 0.167 e. The Bertz CT molecular complexity index is 1720. The van der Waals surface area contributed by atoms with E-state index in [2.05, 4.69) is 103 Å². The van der Waals surface area contributed by atoms with Crippen LogP contribution in [0.15, 0.2) is 91.1 Å². The van der Waals surface area contributed by atoms with Crippen molar-refractivity contribution in [3.05, 3.63) is 108 Å². The summed E-state index contributed by atoms with van der Waals surface area (Å²) in [5.41, 5.74) is 4.62. The Balaban J connectivity index is 1.73. The maximum atomic E-state index is 11.7.